The number of carbonyl (C=O) groups is 1. The number of pyridine rings is 1. The molecule has 2 heterocycles. The summed E-state index contributed by atoms with van der Waals surface area (Å²) in [6, 6.07) is 14.9. The van der Waals surface area contributed by atoms with Gasteiger partial charge < -0.3 is 5.32 Å². The number of hydrogen-bond donors (Lipinski definition) is 1. The molecule has 0 atom stereocenters. The Morgan fingerprint density at radius 1 is 0.917 bits per heavy atom. The van der Waals surface area contributed by atoms with Crippen LogP contribution in [-0.2, 0) is 0 Å². The summed E-state index contributed by atoms with van der Waals surface area (Å²) in [6.07, 6.45) is 3.25. The van der Waals surface area contributed by atoms with Crippen LogP contribution in [0.2, 0.25) is 0 Å². The Hall–Kier alpha value is -3.34. The number of fused-ring (bicyclic) bond motifs is 2. The molecule has 4 aromatic rings. The third-order valence-electron chi connectivity index (χ3n) is 3.82. The van der Waals surface area contributed by atoms with Crippen molar-refractivity contribution in [3.8, 4) is 0 Å². The van der Waals surface area contributed by atoms with Gasteiger partial charge in [0.2, 0.25) is 0 Å². The van der Waals surface area contributed by atoms with E-state index in [0.29, 0.717) is 11.1 Å². The Morgan fingerprint density at radius 2 is 1.71 bits per heavy atom. The topological polar surface area (TPSA) is 67.8 Å². The Kier molecular flexibility index (Phi) is 3.39. The Bertz CT molecular complexity index is 1080. The van der Waals surface area contributed by atoms with Crippen LogP contribution in [0.1, 0.15) is 16.1 Å². The second-order valence-electron chi connectivity index (χ2n) is 5.54. The van der Waals surface area contributed by atoms with Crippen molar-refractivity contribution in [1.82, 2.24) is 15.0 Å². The van der Waals surface area contributed by atoms with Gasteiger partial charge in [-0.3, -0.25) is 19.7 Å². The second-order valence-corrected chi connectivity index (χ2v) is 5.54. The summed E-state index contributed by atoms with van der Waals surface area (Å²) in [5.74, 6) is -0.182. The lowest BCUT2D eigenvalue weighted by molar-refractivity contribution is 0.102. The monoisotopic (exact) mass is 314 g/mol. The number of benzene rings is 2. The van der Waals surface area contributed by atoms with E-state index in [0.717, 1.165) is 27.8 Å². The van der Waals surface area contributed by atoms with E-state index in [1.807, 2.05) is 37.3 Å². The highest BCUT2D eigenvalue weighted by Crippen LogP contribution is 2.23. The lowest BCUT2D eigenvalue weighted by atomic mass is 10.1. The quantitative estimate of drug-likeness (QED) is 0.612. The molecule has 0 radical (unpaired) electrons. The molecule has 0 saturated carbocycles. The molecule has 0 aliphatic heterocycles. The number of aryl methyl sites for hydroxylation is 1. The minimum Gasteiger partial charge on any atom is -0.321 e. The third kappa shape index (κ3) is 2.56. The van der Waals surface area contributed by atoms with Crippen molar-refractivity contribution < 1.29 is 4.79 Å². The van der Waals surface area contributed by atoms with Crippen LogP contribution in [0.3, 0.4) is 0 Å². The van der Waals surface area contributed by atoms with Crippen molar-refractivity contribution >= 4 is 33.5 Å². The minimum absolute atomic E-state index is 0.182. The summed E-state index contributed by atoms with van der Waals surface area (Å²) in [7, 11) is 0. The van der Waals surface area contributed by atoms with Crippen LogP contribution in [0.15, 0.2) is 60.9 Å². The molecule has 5 heteroatoms. The Balaban J connectivity index is 1.73. The van der Waals surface area contributed by atoms with Crippen molar-refractivity contribution in [3.05, 3.63) is 72.2 Å². The van der Waals surface area contributed by atoms with Crippen molar-refractivity contribution in [2.45, 2.75) is 6.92 Å². The standard InChI is InChI=1S/C19H14N4O/c1-12-10-17(14-4-2-3-5-15(14)22-12)23-19(24)13-6-7-16-18(11-13)21-9-8-20-16/h2-11H,1H3,(H,22,23,24). The first kappa shape index (κ1) is 14.3. The maximum absolute atomic E-state index is 12.6. The molecule has 2 aromatic heterocycles. The van der Waals surface area contributed by atoms with Crippen molar-refractivity contribution in [1.29, 1.82) is 0 Å². The lowest BCUT2D eigenvalue weighted by Crippen LogP contribution is -2.12. The van der Waals surface area contributed by atoms with Gasteiger partial charge in [0.15, 0.2) is 0 Å². The minimum atomic E-state index is -0.182. The molecule has 0 unspecified atom stereocenters. The molecule has 0 aliphatic carbocycles. The van der Waals surface area contributed by atoms with E-state index < -0.39 is 0 Å². The maximum Gasteiger partial charge on any atom is 0.255 e. The van der Waals surface area contributed by atoms with Crippen LogP contribution >= 0.6 is 0 Å². The number of amides is 1. The summed E-state index contributed by atoms with van der Waals surface area (Å²) in [5, 5.41) is 3.89. The van der Waals surface area contributed by atoms with Gasteiger partial charge in [-0.05, 0) is 37.3 Å². The first-order chi connectivity index (χ1) is 11.7. The van der Waals surface area contributed by atoms with Crippen LogP contribution in [-0.4, -0.2) is 20.9 Å². The first-order valence-electron chi connectivity index (χ1n) is 7.59. The number of aromatic nitrogens is 3. The highest BCUT2D eigenvalue weighted by Gasteiger charge is 2.11. The van der Waals surface area contributed by atoms with Crippen LogP contribution in [0.25, 0.3) is 21.9 Å². The summed E-state index contributed by atoms with van der Waals surface area (Å²) < 4.78 is 0. The van der Waals surface area contributed by atoms with E-state index in [9.17, 15) is 4.79 Å². The number of hydrogen-bond acceptors (Lipinski definition) is 4. The molecule has 0 bridgehead atoms. The SMILES string of the molecule is Cc1cc(NC(=O)c2ccc3nccnc3c2)c2ccccc2n1. The van der Waals surface area contributed by atoms with Crippen molar-refractivity contribution in [3.63, 3.8) is 0 Å². The van der Waals surface area contributed by atoms with Crippen LogP contribution < -0.4 is 5.32 Å². The summed E-state index contributed by atoms with van der Waals surface area (Å²) >= 11 is 0. The zero-order valence-electron chi connectivity index (χ0n) is 13.0. The van der Waals surface area contributed by atoms with E-state index in [2.05, 4.69) is 20.3 Å². The number of nitrogens with one attached hydrogen (secondary N) is 1. The Morgan fingerprint density at radius 3 is 2.58 bits per heavy atom. The molecule has 1 amide bonds. The molecular formula is C19H14N4O. The summed E-state index contributed by atoms with van der Waals surface area (Å²) in [6.45, 7) is 1.91. The number of para-hydroxylation sites is 1. The first-order valence-corrected chi connectivity index (χ1v) is 7.59. The number of anilines is 1. The van der Waals surface area contributed by atoms with Crippen molar-refractivity contribution in [2.75, 3.05) is 5.32 Å². The number of rotatable bonds is 2. The zero-order chi connectivity index (χ0) is 16.5. The highest BCUT2D eigenvalue weighted by atomic mass is 16.1. The second kappa shape index (κ2) is 5.70. The van der Waals surface area contributed by atoms with Crippen LogP contribution in [0.4, 0.5) is 5.69 Å². The molecule has 5 nitrogen and oxygen atoms in total. The Labute approximate surface area is 138 Å². The molecule has 1 N–H and O–H groups in total. The molecule has 116 valence electrons. The predicted octanol–water partition coefficient (Wildman–Crippen LogP) is 3.74. The zero-order valence-corrected chi connectivity index (χ0v) is 13.0. The van der Waals surface area contributed by atoms with Gasteiger partial charge in [0.1, 0.15) is 0 Å². The van der Waals surface area contributed by atoms with Crippen LogP contribution in [0.5, 0.6) is 0 Å². The molecule has 0 fully saturated rings. The average molecular weight is 314 g/mol. The van der Waals surface area contributed by atoms with Crippen molar-refractivity contribution in [2.24, 2.45) is 0 Å². The summed E-state index contributed by atoms with van der Waals surface area (Å²) in [5.41, 5.74) is 4.47. The van der Waals surface area contributed by atoms with Crippen LogP contribution in [0, 0.1) is 6.92 Å². The average Bonchev–Trinajstić information content (AvgIpc) is 2.61. The van der Waals surface area contributed by atoms with Gasteiger partial charge in [0.25, 0.3) is 5.91 Å². The maximum atomic E-state index is 12.6. The molecule has 0 saturated heterocycles. The van der Waals surface area contributed by atoms with Gasteiger partial charge in [0.05, 0.1) is 22.2 Å². The molecule has 4 rings (SSSR count). The smallest absolute Gasteiger partial charge is 0.255 e. The van der Waals surface area contributed by atoms with Gasteiger partial charge in [-0.15, -0.1) is 0 Å². The number of carbonyl (C=O) groups excluding carboxylic acids is 1. The van der Waals surface area contributed by atoms with Gasteiger partial charge in [-0.2, -0.15) is 0 Å². The lowest BCUT2D eigenvalue weighted by Gasteiger charge is -2.10. The molecule has 2 aromatic carbocycles. The number of nitrogens with zero attached hydrogens (tertiary/aromatic N) is 3. The predicted molar refractivity (Wildman–Crippen MR) is 94.0 cm³/mol. The normalized spacial score (nSPS) is 10.9. The van der Waals surface area contributed by atoms with Gasteiger partial charge in [0, 0.05) is 29.0 Å². The van der Waals surface area contributed by atoms with E-state index in [1.54, 1.807) is 30.6 Å². The van der Waals surface area contributed by atoms with E-state index in [1.165, 1.54) is 0 Å². The molecule has 24 heavy (non-hydrogen) atoms. The molecule has 0 spiro atoms. The third-order valence-corrected chi connectivity index (χ3v) is 3.82. The molecular weight excluding hydrogens is 300 g/mol. The van der Waals surface area contributed by atoms with E-state index >= 15 is 0 Å². The fourth-order valence-electron chi connectivity index (χ4n) is 2.71. The van der Waals surface area contributed by atoms with E-state index in [4.69, 9.17) is 0 Å². The van der Waals surface area contributed by atoms with E-state index in [-0.39, 0.29) is 5.91 Å². The van der Waals surface area contributed by atoms with Gasteiger partial charge in [-0.25, -0.2) is 0 Å². The highest BCUT2D eigenvalue weighted by molar-refractivity contribution is 6.09. The van der Waals surface area contributed by atoms with Gasteiger partial charge >= 0.3 is 0 Å². The fraction of sp³-hybridized carbons (Fsp3) is 0.0526. The fourth-order valence-corrected chi connectivity index (χ4v) is 2.71. The van der Waals surface area contributed by atoms with Gasteiger partial charge in [-0.1, -0.05) is 18.2 Å². The summed E-state index contributed by atoms with van der Waals surface area (Å²) in [4.78, 5) is 25.6. The molecule has 0 aliphatic rings. The largest absolute Gasteiger partial charge is 0.321 e.